The minimum Gasteiger partial charge on any atom is -0.337 e. The van der Waals surface area contributed by atoms with Gasteiger partial charge in [0, 0.05) is 0 Å². The van der Waals surface area contributed by atoms with Crippen LogP contribution >= 0.6 is 0 Å². The first-order valence-corrected chi connectivity index (χ1v) is 3.50. The number of carbonyl (C=O) groups excluding carboxylic acids is 1. The van der Waals surface area contributed by atoms with E-state index in [1.807, 2.05) is 0 Å². The summed E-state index contributed by atoms with van der Waals surface area (Å²) < 4.78 is 0. The summed E-state index contributed by atoms with van der Waals surface area (Å²) in [7, 11) is 0. The SMILES string of the molecule is O=Cc1ccccc1ON=N[N+](=O)[O-]. The van der Waals surface area contributed by atoms with E-state index in [2.05, 4.69) is 15.3 Å². The molecule has 0 aliphatic carbocycles. The van der Waals surface area contributed by atoms with E-state index in [-0.39, 0.29) is 11.3 Å². The minimum absolute atomic E-state index is 0.119. The largest absolute Gasteiger partial charge is 0.337 e. The van der Waals surface area contributed by atoms with Gasteiger partial charge in [0.2, 0.25) is 5.22 Å². The van der Waals surface area contributed by atoms with Crippen LogP contribution in [0, 0.1) is 10.1 Å². The molecule has 0 aliphatic heterocycles. The Hall–Kier alpha value is -2.31. The maximum atomic E-state index is 10.4. The summed E-state index contributed by atoms with van der Waals surface area (Å²) in [6.07, 6.45) is 0.553. The molecule has 7 nitrogen and oxygen atoms in total. The quantitative estimate of drug-likeness (QED) is 0.314. The monoisotopic (exact) mass is 195 g/mol. The fourth-order valence-corrected chi connectivity index (χ4v) is 0.753. The van der Waals surface area contributed by atoms with Gasteiger partial charge in [0.25, 0.3) is 5.28 Å². The van der Waals surface area contributed by atoms with Gasteiger partial charge in [-0.25, -0.2) is 4.84 Å². The molecule has 1 rings (SSSR count). The van der Waals surface area contributed by atoms with Crippen molar-refractivity contribution < 1.29 is 14.7 Å². The van der Waals surface area contributed by atoms with Gasteiger partial charge in [-0.2, -0.15) is 0 Å². The van der Waals surface area contributed by atoms with E-state index >= 15 is 0 Å². The smallest absolute Gasteiger partial charge is 0.295 e. The van der Waals surface area contributed by atoms with E-state index in [4.69, 9.17) is 0 Å². The first-order chi connectivity index (χ1) is 6.74. The molecule has 0 unspecified atom stereocenters. The molecule has 0 fully saturated rings. The van der Waals surface area contributed by atoms with E-state index in [0.29, 0.717) is 6.29 Å². The average molecular weight is 195 g/mol. The predicted octanol–water partition coefficient (Wildman–Crippen LogP) is 1.44. The van der Waals surface area contributed by atoms with Crippen LogP contribution < -0.4 is 4.84 Å². The molecule has 72 valence electrons. The van der Waals surface area contributed by atoms with E-state index in [0.717, 1.165) is 0 Å². The third-order valence-electron chi connectivity index (χ3n) is 1.29. The highest BCUT2D eigenvalue weighted by molar-refractivity contribution is 5.79. The normalized spacial score (nSPS) is 10.0. The van der Waals surface area contributed by atoms with Crippen molar-refractivity contribution in [1.29, 1.82) is 0 Å². The zero-order valence-electron chi connectivity index (χ0n) is 6.86. The first-order valence-electron chi connectivity index (χ1n) is 3.50. The number of nitrogens with zero attached hydrogens (tertiary/aromatic N) is 3. The number of carbonyl (C=O) groups is 1. The molecule has 0 amide bonds. The Morgan fingerprint density at radius 2 is 2.14 bits per heavy atom. The lowest BCUT2D eigenvalue weighted by molar-refractivity contribution is -0.497. The zero-order valence-corrected chi connectivity index (χ0v) is 6.86. The van der Waals surface area contributed by atoms with Crippen LogP contribution in [0.25, 0.3) is 0 Å². The maximum absolute atomic E-state index is 10.4. The number of rotatable bonds is 4. The highest BCUT2D eigenvalue weighted by Gasteiger charge is 2.04. The number of benzene rings is 1. The Labute approximate surface area is 78.1 Å². The van der Waals surface area contributed by atoms with Gasteiger partial charge in [-0.1, -0.05) is 12.1 Å². The fraction of sp³-hybridized carbons (Fsp3) is 0. The lowest BCUT2D eigenvalue weighted by atomic mass is 10.2. The van der Waals surface area contributed by atoms with Crippen molar-refractivity contribution in [2.75, 3.05) is 0 Å². The highest BCUT2D eigenvalue weighted by atomic mass is 16.7. The molecule has 14 heavy (non-hydrogen) atoms. The summed E-state index contributed by atoms with van der Waals surface area (Å²) in [6.45, 7) is 0. The molecule has 7 heteroatoms. The third-order valence-corrected chi connectivity index (χ3v) is 1.29. The van der Waals surface area contributed by atoms with Crippen molar-refractivity contribution in [2.24, 2.45) is 10.5 Å². The molecule has 0 spiro atoms. The molecular formula is C7H5N3O4. The Balaban J connectivity index is 2.76. The van der Waals surface area contributed by atoms with Crippen molar-refractivity contribution >= 4 is 6.29 Å². The summed E-state index contributed by atoms with van der Waals surface area (Å²) in [6, 6.07) is 6.16. The van der Waals surface area contributed by atoms with Crippen LogP contribution in [0.3, 0.4) is 0 Å². The van der Waals surface area contributed by atoms with Crippen LogP contribution in [0.1, 0.15) is 10.4 Å². The van der Waals surface area contributed by atoms with Crippen LogP contribution in [-0.4, -0.2) is 11.3 Å². The molecule has 0 heterocycles. The van der Waals surface area contributed by atoms with Crippen molar-refractivity contribution in [1.82, 2.24) is 0 Å². The summed E-state index contributed by atoms with van der Waals surface area (Å²) in [5.41, 5.74) is 0.245. The van der Waals surface area contributed by atoms with E-state index in [9.17, 15) is 14.9 Å². The Morgan fingerprint density at radius 1 is 1.43 bits per heavy atom. The molecule has 1 aromatic rings. The second-order valence-electron chi connectivity index (χ2n) is 2.16. The molecule has 0 saturated carbocycles. The molecule has 0 radical (unpaired) electrons. The van der Waals surface area contributed by atoms with Crippen LogP contribution in [0.15, 0.2) is 34.8 Å². The van der Waals surface area contributed by atoms with E-state index in [1.165, 1.54) is 12.1 Å². The van der Waals surface area contributed by atoms with Crippen molar-refractivity contribution in [3.63, 3.8) is 0 Å². The number of hydrogen-bond acceptors (Lipinski definition) is 5. The van der Waals surface area contributed by atoms with Gasteiger partial charge >= 0.3 is 0 Å². The third kappa shape index (κ3) is 2.63. The Morgan fingerprint density at radius 3 is 2.79 bits per heavy atom. The Bertz CT molecular complexity index is 377. The summed E-state index contributed by atoms with van der Waals surface area (Å²) in [5.74, 6) is 0.119. The molecule has 0 atom stereocenters. The van der Waals surface area contributed by atoms with Gasteiger partial charge in [0.1, 0.15) is 0 Å². The van der Waals surface area contributed by atoms with Crippen molar-refractivity contribution in [3.8, 4) is 5.75 Å². The van der Waals surface area contributed by atoms with Gasteiger partial charge in [0.05, 0.1) is 10.6 Å². The van der Waals surface area contributed by atoms with Crippen LogP contribution in [-0.2, 0) is 0 Å². The lowest BCUT2D eigenvalue weighted by Crippen LogP contribution is -1.90. The van der Waals surface area contributed by atoms with E-state index < -0.39 is 5.03 Å². The molecule has 0 aromatic heterocycles. The topological polar surface area (TPSA) is 94.2 Å². The van der Waals surface area contributed by atoms with Gasteiger partial charge in [0.15, 0.2) is 12.0 Å². The van der Waals surface area contributed by atoms with Gasteiger partial charge < -0.3 is 10.1 Å². The molecule has 0 aliphatic rings. The molecule has 1 aromatic carbocycles. The second-order valence-corrected chi connectivity index (χ2v) is 2.16. The second kappa shape index (κ2) is 4.65. The van der Waals surface area contributed by atoms with E-state index in [1.54, 1.807) is 12.1 Å². The number of nitro groups is 1. The summed E-state index contributed by atoms with van der Waals surface area (Å²) in [5, 5.41) is 14.1. The average Bonchev–Trinajstić information content (AvgIpc) is 2.18. The molecule has 0 bridgehead atoms. The highest BCUT2D eigenvalue weighted by Crippen LogP contribution is 2.15. The maximum Gasteiger partial charge on any atom is 0.295 e. The van der Waals surface area contributed by atoms with Crippen LogP contribution in [0.5, 0.6) is 5.75 Å². The van der Waals surface area contributed by atoms with Gasteiger partial charge in [-0.3, -0.25) is 4.79 Å². The van der Waals surface area contributed by atoms with Crippen LogP contribution in [0.2, 0.25) is 0 Å². The number of aldehydes is 1. The predicted molar refractivity (Wildman–Crippen MR) is 44.3 cm³/mol. The molecule has 0 saturated heterocycles. The van der Waals surface area contributed by atoms with Crippen molar-refractivity contribution in [3.05, 3.63) is 39.9 Å². The van der Waals surface area contributed by atoms with Crippen molar-refractivity contribution in [2.45, 2.75) is 0 Å². The molecular weight excluding hydrogens is 190 g/mol. The fourth-order valence-electron chi connectivity index (χ4n) is 0.753. The summed E-state index contributed by atoms with van der Waals surface area (Å²) >= 11 is 0. The van der Waals surface area contributed by atoms with Gasteiger partial charge in [-0.15, -0.1) is 0 Å². The number of hydrogen-bond donors (Lipinski definition) is 0. The zero-order chi connectivity index (χ0) is 10.4. The van der Waals surface area contributed by atoms with Gasteiger partial charge in [-0.05, 0) is 12.1 Å². The summed E-state index contributed by atoms with van der Waals surface area (Å²) in [4.78, 5) is 24.7. The minimum atomic E-state index is -1.01. The molecule has 0 N–H and O–H groups in total. The standard InChI is InChI=1S/C7H5N3O4/c11-5-6-3-1-2-4-7(6)14-9-8-10(12)13/h1-5H. The number of para-hydroxylation sites is 1. The lowest BCUT2D eigenvalue weighted by Gasteiger charge is -1.93. The first kappa shape index (κ1) is 9.78. The Kier molecular flexibility index (Phi) is 3.25. The van der Waals surface area contributed by atoms with Crippen LogP contribution in [0.4, 0.5) is 0 Å².